The zero-order chi connectivity index (χ0) is 19.0. The number of carbonyl (C=O) groups excluding carboxylic acids is 1. The molecule has 4 fully saturated rings. The molecular weight excluding hydrogens is 356 g/mol. The largest absolute Gasteiger partial charge is 0.393 e. The van der Waals surface area contributed by atoms with Gasteiger partial charge in [-0.05, 0) is 31.6 Å². The maximum atomic E-state index is 12.1. The third-order valence-corrected chi connectivity index (χ3v) is 7.76. The van der Waals surface area contributed by atoms with Crippen LogP contribution >= 0.6 is 0 Å². The normalized spacial score (nSPS) is 37.3. The molecule has 4 heterocycles. The van der Waals surface area contributed by atoms with E-state index in [1.165, 1.54) is 0 Å². The molecule has 0 unspecified atom stereocenters. The quantitative estimate of drug-likeness (QED) is 0.840. The highest BCUT2D eigenvalue weighted by Gasteiger charge is 2.47. The van der Waals surface area contributed by atoms with E-state index in [1.54, 1.807) is 6.33 Å². The van der Waals surface area contributed by atoms with Crippen molar-refractivity contribution in [2.75, 3.05) is 25.0 Å². The highest BCUT2D eigenvalue weighted by Crippen LogP contribution is 2.51. The van der Waals surface area contributed by atoms with Crippen LogP contribution in [0.25, 0.3) is 11.2 Å². The van der Waals surface area contributed by atoms with Gasteiger partial charge >= 0.3 is 0 Å². The fourth-order valence-electron chi connectivity index (χ4n) is 6.39. The number of aliphatic hydroxyl groups is 1. The third-order valence-electron chi connectivity index (χ3n) is 7.76. The minimum atomic E-state index is -0.196. The molecule has 6 rings (SSSR count). The molecule has 2 saturated carbocycles. The number of piperidine rings is 1. The minimum absolute atomic E-state index is 0.196. The Bertz CT molecular complexity index is 944. The molecule has 2 aliphatic heterocycles. The Hall–Kier alpha value is -2.22. The molecule has 8 nitrogen and oxygen atoms in total. The first-order chi connectivity index (χ1) is 13.6. The summed E-state index contributed by atoms with van der Waals surface area (Å²) in [5.41, 5.74) is 1.72. The number of imidazole rings is 1. The first-order valence-electron chi connectivity index (χ1n) is 10.5. The second-order valence-electron chi connectivity index (χ2n) is 9.16. The van der Waals surface area contributed by atoms with Crippen LogP contribution in [0.3, 0.4) is 0 Å². The summed E-state index contributed by atoms with van der Waals surface area (Å²) in [7, 11) is 1.93. The highest BCUT2D eigenvalue weighted by molar-refractivity contribution is 5.84. The molecule has 0 radical (unpaired) electrons. The van der Waals surface area contributed by atoms with E-state index in [9.17, 15) is 9.90 Å². The van der Waals surface area contributed by atoms with Crippen LogP contribution in [0.15, 0.2) is 12.7 Å². The van der Waals surface area contributed by atoms with Crippen molar-refractivity contribution in [1.82, 2.24) is 24.4 Å². The Kier molecular flexibility index (Phi) is 3.51. The molecule has 8 heteroatoms. The van der Waals surface area contributed by atoms with Crippen LogP contribution in [0.1, 0.15) is 38.1 Å². The number of hydrogen-bond acceptors (Lipinski definition) is 6. The SMILES string of the molecule is CN1C(=O)C[C@H]2CN(c3ncnc4c3ncn4[C@@H]3C[C@H]4C[C@@H]3[C@@H](O)C4)CC[C@H]21. The van der Waals surface area contributed by atoms with E-state index in [-0.39, 0.29) is 18.1 Å². The molecule has 1 N–H and O–H groups in total. The van der Waals surface area contributed by atoms with E-state index >= 15 is 0 Å². The molecule has 28 heavy (non-hydrogen) atoms. The van der Waals surface area contributed by atoms with E-state index in [4.69, 9.17) is 4.98 Å². The summed E-state index contributed by atoms with van der Waals surface area (Å²) in [5, 5.41) is 10.3. The van der Waals surface area contributed by atoms with Crippen LogP contribution in [-0.4, -0.2) is 67.7 Å². The van der Waals surface area contributed by atoms with Crippen LogP contribution < -0.4 is 4.90 Å². The smallest absolute Gasteiger partial charge is 0.222 e. The molecule has 0 aromatic carbocycles. The highest BCUT2D eigenvalue weighted by atomic mass is 16.3. The van der Waals surface area contributed by atoms with Gasteiger partial charge in [-0.15, -0.1) is 0 Å². The van der Waals surface area contributed by atoms with Gasteiger partial charge in [0.15, 0.2) is 17.0 Å². The average molecular weight is 382 g/mol. The topological polar surface area (TPSA) is 87.4 Å². The standard InChI is InChI=1S/C20H26N6O2/c1-24-14-2-3-25(8-12(14)7-17(24)28)19-18-20(22-9-21-19)26(10-23-18)15-5-11-4-13(15)16(27)6-11/h9-16,27H,2-8H2,1H3/t11-,12+,13+,14-,15-,16+/m1/s1. The summed E-state index contributed by atoms with van der Waals surface area (Å²) in [6.45, 7) is 1.72. The number of carbonyl (C=O) groups is 1. The summed E-state index contributed by atoms with van der Waals surface area (Å²) in [6.07, 6.45) is 8.09. The summed E-state index contributed by atoms with van der Waals surface area (Å²) in [4.78, 5) is 30.1. The van der Waals surface area contributed by atoms with Crippen LogP contribution in [0, 0.1) is 17.8 Å². The fraction of sp³-hybridized carbons (Fsp3) is 0.700. The first-order valence-corrected chi connectivity index (χ1v) is 10.5. The van der Waals surface area contributed by atoms with Gasteiger partial charge < -0.3 is 19.5 Å². The molecule has 2 saturated heterocycles. The molecular formula is C20H26N6O2. The van der Waals surface area contributed by atoms with Gasteiger partial charge in [-0.3, -0.25) is 4.79 Å². The predicted molar refractivity (Wildman–Crippen MR) is 103 cm³/mol. The second-order valence-corrected chi connectivity index (χ2v) is 9.16. The number of amides is 1. The maximum Gasteiger partial charge on any atom is 0.222 e. The van der Waals surface area contributed by atoms with Crippen LogP contribution in [0.2, 0.25) is 0 Å². The molecule has 4 aliphatic rings. The lowest BCUT2D eigenvalue weighted by Gasteiger charge is -2.37. The monoisotopic (exact) mass is 382 g/mol. The Morgan fingerprint density at radius 1 is 1.14 bits per heavy atom. The van der Waals surface area contributed by atoms with Gasteiger partial charge in [-0.2, -0.15) is 0 Å². The van der Waals surface area contributed by atoms with Crippen molar-refractivity contribution < 1.29 is 9.90 Å². The van der Waals surface area contributed by atoms with Crippen molar-refractivity contribution in [3.8, 4) is 0 Å². The molecule has 0 spiro atoms. The second kappa shape index (κ2) is 5.89. The molecule has 2 bridgehead atoms. The lowest BCUT2D eigenvalue weighted by Crippen LogP contribution is -2.45. The predicted octanol–water partition coefficient (Wildman–Crippen LogP) is 1.22. The number of aromatic nitrogens is 4. The van der Waals surface area contributed by atoms with Crippen molar-refractivity contribution in [2.24, 2.45) is 17.8 Å². The number of hydrogen-bond donors (Lipinski definition) is 1. The van der Waals surface area contributed by atoms with Crippen molar-refractivity contribution >= 4 is 22.9 Å². The van der Waals surface area contributed by atoms with E-state index < -0.39 is 0 Å². The number of fused-ring (bicyclic) bond motifs is 4. The first kappa shape index (κ1) is 16.7. The van der Waals surface area contributed by atoms with Crippen molar-refractivity contribution in [2.45, 2.75) is 50.3 Å². The van der Waals surface area contributed by atoms with E-state index in [1.807, 2.05) is 18.3 Å². The van der Waals surface area contributed by atoms with E-state index in [0.29, 0.717) is 30.2 Å². The molecule has 148 valence electrons. The summed E-state index contributed by atoms with van der Waals surface area (Å²) in [6, 6.07) is 0.641. The maximum absolute atomic E-state index is 12.1. The Balaban J connectivity index is 1.32. The van der Waals surface area contributed by atoms with Crippen molar-refractivity contribution in [1.29, 1.82) is 0 Å². The van der Waals surface area contributed by atoms with Gasteiger partial charge in [0, 0.05) is 50.5 Å². The Labute approximate surface area is 163 Å². The van der Waals surface area contributed by atoms with Gasteiger partial charge in [-0.25, -0.2) is 15.0 Å². The lowest BCUT2D eigenvalue weighted by molar-refractivity contribution is -0.127. The minimum Gasteiger partial charge on any atom is -0.393 e. The van der Waals surface area contributed by atoms with E-state index in [0.717, 1.165) is 55.8 Å². The van der Waals surface area contributed by atoms with Crippen LogP contribution in [-0.2, 0) is 4.79 Å². The molecule has 2 aromatic heterocycles. The zero-order valence-corrected chi connectivity index (χ0v) is 16.1. The van der Waals surface area contributed by atoms with E-state index in [2.05, 4.69) is 19.4 Å². The molecule has 6 atom stereocenters. The molecule has 2 aliphatic carbocycles. The number of rotatable bonds is 2. The number of nitrogens with zero attached hydrogens (tertiary/aromatic N) is 6. The molecule has 1 amide bonds. The molecule has 2 aromatic rings. The number of likely N-dealkylation sites (tertiary alicyclic amines) is 1. The van der Waals surface area contributed by atoms with Gasteiger partial charge in [0.2, 0.25) is 5.91 Å². The van der Waals surface area contributed by atoms with Crippen molar-refractivity contribution in [3.05, 3.63) is 12.7 Å². The summed E-state index contributed by atoms with van der Waals surface area (Å²) >= 11 is 0. The van der Waals surface area contributed by atoms with Gasteiger partial charge in [0.1, 0.15) is 6.33 Å². The summed E-state index contributed by atoms with van der Waals surface area (Å²) < 4.78 is 2.17. The van der Waals surface area contributed by atoms with Gasteiger partial charge in [0.25, 0.3) is 0 Å². The van der Waals surface area contributed by atoms with Crippen LogP contribution in [0.4, 0.5) is 5.82 Å². The average Bonchev–Trinajstić information content (AvgIpc) is 3.44. The van der Waals surface area contributed by atoms with Gasteiger partial charge in [-0.1, -0.05) is 0 Å². The fourth-order valence-corrected chi connectivity index (χ4v) is 6.39. The Morgan fingerprint density at radius 3 is 2.86 bits per heavy atom. The van der Waals surface area contributed by atoms with Crippen molar-refractivity contribution in [3.63, 3.8) is 0 Å². The number of anilines is 1. The zero-order valence-electron chi connectivity index (χ0n) is 16.1. The Morgan fingerprint density at radius 2 is 2.04 bits per heavy atom. The van der Waals surface area contributed by atoms with Crippen LogP contribution in [0.5, 0.6) is 0 Å². The van der Waals surface area contributed by atoms with Gasteiger partial charge in [0.05, 0.1) is 12.4 Å². The number of aliphatic hydroxyl groups excluding tert-OH is 1. The summed E-state index contributed by atoms with van der Waals surface area (Å²) in [5.74, 6) is 2.44. The lowest BCUT2D eigenvalue weighted by atomic mass is 9.92. The third kappa shape index (κ3) is 2.27.